The van der Waals surface area contributed by atoms with E-state index >= 15 is 0 Å². The van der Waals surface area contributed by atoms with Gasteiger partial charge in [0.1, 0.15) is 0 Å². The van der Waals surface area contributed by atoms with Crippen LogP contribution in [-0.4, -0.2) is 24.7 Å². The van der Waals surface area contributed by atoms with E-state index in [0.29, 0.717) is 6.54 Å². The Morgan fingerprint density at radius 2 is 2.00 bits per heavy atom. The van der Waals surface area contributed by atoms with Crippen molar-refractivity contribution in [3.8, 4) is 0 Å². The molecule has 2 aromatic heterocycles. The topological polar surface area (TPSA) is 55.9 Å². The summed E-state index contributed by atoms with van der Waals surface area (Å²) >= 11 is 0. The van der Waals surface area contributed by atoms with Gasteiger partial charge in [-0.05, 0) is 26.3 Å². The molecule has 5 heteroatoms. The molecular weight excluding hydrogens is 228 g/mol. The van der Waals surface area contributed by atoms with Crippen molar-refractivity contribution in [2.24, 2.45) is 7.05 Å². The van der Waals surface area contributed by atoms with Gasteiger partial charge >= 0.3 is 0 Å². The Morgan fingerprint density at radius 1 is 1.28 bits per heavy atom. The van der Waals surface area contributed by atoms with Gasteiger partial charge in [-0.2, -0.15) is 10.2 Å². The number of hydrogen-bond acceptors (Lipinski definition) is 3. The number of aliphatic hydroxyl groups excluding tert-OH is 1. The van der Waals surface area contributed by atoms with Crippen molar-refractivity contribution in [1.29, 1.82) is 0 Å². The molecule has 0 saturated heterocycles. The molecule has 5 nitrogen and oxygen atoms in total. The number of aliphatic hydroxyl groups is 1. The van der Waals surface area contributed by atoms with Crippen molar-refractivity contribution < 1.29 is 5.11 Å². The molecule has 0 saturated carbocycles. The van der Waals surface area contributed by atoms with Gasteiger partial charge in [-0.3, -0.25) is 9.36 Å². The summed E-state index contributed by atoms with van der Waals surface area (Å²) in [7, 11) is 1.95. The minimum atomic E-state index is 0.0449. The van der Waals surface area contributed by atoms with Crippen LogP contribution >= 0.6 is 0 Å². The summed E-state index contributed by atoms with van der Waals surface area (Å²) in [6.07, 6.45) is 0.937. The fourth-order valence-electron chi connectivity index (χ4n) is 2.16. The maximum atomic E-state index is 9.30. The minimum Gasteiger partial charge on any atom is -0.392 e. The van der Waals surface area contributed by atoms with Crippen LogP contribution in [-0.2, 0) is 26.6 Å². The maximum absolute atomic E-state index is 9.30. The maximum Gasteiger partial charge on any atom is 0.0831 e. The van der Waals surface area contributed by atoms with Crippen LogP contribution in [0, 0.1) is 13.8 Å². The predicted molar refractivity (Wildman–Crippen MR) is 69.3 cm³/mol. The molecule has 1 N–H and O–H groups in total. The highest BCUT2D eigenvalue weighted by Gasteiger charge is 2.12. The van der Waals surface area contributed by atoms with Gasteiger partial charge in [-0.25, -0.2) is 0 Å². The van der Waals surface area contributed by atoms with E-state index < -0.39 is 0 Å². The smallest absolute Gasteiger partial charge is 0.0831 e. The first-order valence-corrected chi connectivity index (χ1v) is 6.22. The van der Waals surface area contributed by atoms with Crippen LogP contribution in [0.3, 0.4) is 0 Å². The van der Waals surface area contributed by atoms with E-state index in [2.05, 4.69) is 23.2 Å². The van der Waals surface area contributed by atoms with Crippen molar-refractivity contribution in [1.82, 2.24) is 19.6 Å². The molecule has 0 aliphatic rings. The quantitative estimate of drug-likeness (QED) is 0.888. The standard InChI is InChI=1S/C13H20N4O/c1-5-11-6-12(16(4)15-11)7-17-10(3)13(8-18)9(2)14-17/h6,18H,5,7-8H2,1-4H3. The molecular formula is C13H20N4O. The van der Waals surface area contributed by atoms with E-state index in [4.69, 9.17) is 0 Å². The highest BCUT2D eigenvalue weighted by molar-refractivity contribution is 5.24. The minimum absolute atomic E-state index is 0.0449. The fraction of sp³-hybridized carbons (Fsp3) is 0.538. The first-order valence-electron chi connectivity index (χ1n) is 6.22. The summed E-state index contributed by atoms with van der Waals surface area (Å²) < 4.78 is 3.82. The second-order valence-electron chi connectivity index (χ2n) is 4.57. The lowest BCUT2D eigenvalue weighted by Crippen LogP contribution is -2.08. The van der Waals surface area contributed by atoms with Crippen LogP contribution < -0.4 is 0 Å². The summed E-state index contributed by atoms with van der Waals surface area (Å²) in [6, 6.07) is 2.11. The second-order valence-corrected chi connectivity index (χ2v) is 4.57. The van der Waals surface area contributed by atoms with Gasteiger partial charge in [0, 0.05) is 18.3 Å². The lowest BCUT2D eigenvalue weighted by Gasteiger charge is -2.05. The zero-order valence-electron chi connectivity index (χ0n) is 11.4. The third-order valence-electron chi connectivity index (χ3n) is 3.39. The van der Waals surface area contributed by atoms with E-state index in [0.717, 1.165) is 34.8 Å². The molecule has 18 heavy (non-hydrogen) atoms. The first-order chi connectivity index (χ1) is 8.56. The molecule has 0 aromatic carbocycles. The van der Waals surface area contributed by atoms with Crippen LogP contribution in [0.5, 0.6) is 0 Å². The molecule has 98 valence electrons. The molecule has 0 aliphatic carbocycles. The lowest BCUT2D eigenvalue weighted by molar-refractivity contribution is 0.280. The molecule has 0 fully saturated rings. The Kier molecular flexibility index (Phi) is 3.52. The molecule has 2 rings (SSSR count). The van der Waals surface area contributed by atoms with Crippen molar-refractivity contribution in [3.05, 3.63) is 34.4 Å². The molecule has 0 atom stereocenters. The summed E-state index contributed by atoms with van der Waals surface area (Å²) in [6.45, 7) is 6.75. The zero-order valence-corrected chi connectivity index (χ0v) is 11.4. The Balaban J connectivity index is 2.31. The summed E-state index contributed by atoms with van der Waals surface area (Å²) in [5, 5.41) is 18.2. The number of hydrogen-bond donors (Lipinski definition) is 1. The fourth-order valence-corrected chi connectivity index (χ4v) is 2.16. The van der Waals surface area contributed by atoms with Gasteiger partial charge in [-0.15, -0.1) is 0 Å². The number of nitrogens with zero attached hydrogens (tertiary/aromatic N) is 4. The first kappa shape index (κ1) is 12.8. The van der Waals surface area contributed by atoms with Gasteiger partial charge < -0.3 is 5.11 Å². The van der Waals surface area contributed by atoms with Gasteiger partial charge in [0.25, 0.3) is 0 Å². The van der Waals surface area contributed by atoms with Crippen LogP contribution in [0.25, 0.3) is 0 Å². The largest absolute Gasteiger partial charge is 0.392 e. The Bertz CT molecular complexity index is 554. The molecule has 0 amide bonds. The van der Waals surface area contributed by atoms with Gasteiger partial charge in [0.2, 0.25) is 0 Å². The lowest BCUT2D eigenvalue weighted by atomic mass is 10.2. The monoisotopic (exact) mass is 248 g/mol. The van der Waals surface area contributed by atoms with E-state index in [1.165, 1.54) is 0 Å². The van der Waals surface area contributed by atoms with Crippen molar-refractivity contribution in [2.75, 3.05) is 0 Å². The number of aryl methyl sites for hydroxylation is 3. The van der Waals surface area contributed by atoms with Gasteiger partial charge in [-0.1, -0.05) is 6.92 Å². The molecule has 2 heterocycles. The molecule has 0 bridgehead atoms. The summed E-state index contributed by atoms with van der Waals surface area (Å²) in [5.74, 6) is 0. The third kappa shape index (κ3) is 2.18. The van der Waals surface area contributed by atoms with Crippen LogP contribution in [0.4, 0.5) is 0 Å². The van der Waals surface area contributed by atoms with Crippen molar-refractivity contribution >= 4 is 0 Å². The van der Waals surface area contributed by atoms with Crippen LogP contribution in [0.2, 0.25) is 0 Å². The Hall–Kier alpha value is -1.62. The third-order valence-corrected chi connectivity index (χ3v) is 3.39. The SMILES string of the molecule is CCc1cc(Cn2nc(C)c(CO)c2C)n(C)n1. The average Bonchev–Trinajstić information content (AvgIpc) is 2.82. The molecule has 0 radical (unpaired) electrons. The molecule has 2 aromatic rings. The Labute approximate surface area is 107 Å². The van der Waals surface area contributed by atoms with E-state index in [1.807, 2.05) is 30.3 Å². The number of rotatable bonds is 4. The summed E-state index contributed by atoms with van der Waals surface area (Å²) in [5.41, 5.74) is 5.06. The van der Waals surface area contributed by atoms with Crippen LogP contribution in [0.1, 0.15) is 35.3 Å². The zero-order chi connectivity index (χ0) is 13.3. The van der Waals surface area contributed by atoms with Gasteiger partial charge in [0.15, 0.2) is 0 Å². The molecule has 0 spiro atoms. The normalized spacial score (nSPS) is 11.2. The highest BCUT2D eigenvalue weighted by atomic mass is 16.3. The van der Waals surface area contributed by atoms with Crippen molar-refractivity contribution in [2.45, 2.75) is 40.3 Å². The van der Waals surface area contributed by atoms with Crippen molar-refractivity contribution in [3.63, 3.8) is 0 Å². The predicted octanol–water partition coefficient (Wildman–Crippen LogP) is 1.34. The summed E-state index contributed by atoms with van der Waals surface area (Å²) in [4.78, 5) is 0. The van der Waals surface area contributed by atoms with E-state index in [9.17, 15) is 5.11 Å². The van der Waals surface area contributed by atoms with Gasteiger partial charge in [0.05, 0.1) is 30.2 Å². The van der Waals surface area contributed by atoms with E-state index in [1.54, 1.807) is 0 Å². The average molecular weight is 248 g/mol. The number of aromatic nitrogens is 4. The molecule has 0 unspecified atom stereocenters. The van der Waals surface area contributed by atoms with E-state index in [-0.39, 0.29) is 6.61 Å². The second kappa shape index (κ2) is 4.94. The van der Waals surface area contributed by atoms with Crippen LogP contribution in [0.15, 0.2) is 6.07 Å². The Morgan fingerprint density at radius 3 is 2.50 bits per heavy atom. The highest BCUT2D eigenvalue weighted by Crippen LogP contribution is 2.15. The molecule has 0 aliphatic heterocycles.